The number of hydrogen-bond donors (Lipinski definition) is 0. The monoisotopic (exact) mass is 145 g/mol. The van der Waals surface area contributed by atoms with Gasteiger partial charge in [0.1, 0.15) is 0 Å². The Kier molecular flexibility index (Phi) is 6.16. The highest BCUT2D eigenvalue weighted by Gasteiger charge is 1.88. The number of nitrogens with zero attached hydrogens (tertiary/aromatic N) is 1. The first kappa shape index (κ1) is 9.02. The van der Waals surface area contributed by atoms with Gasteiger partial charge in [0.2, 0.25) is 0 Å². The predicted octanol–water partition coefficient (Wildman–Crippen LogP) is 2.57. The van der Waals surface area contributed by atoms with E-state index in [1.165, 1.54) is 0 Å². The van der Waals surface area contributed by atoms with Crippen LogP contribution in [0, 0.1) is 0 Å². The van der Waals surface area contributed by atoms with E-state index in [1.807, 2.05) is 5.55 Å². The maximum absolute atomic E-state index is 4.27. The molecule has 1 nitrogen and oxygen atoms in total. The maximum Gasteiger partial charge on any atom is 0.0544 e. The van der Waals surface area contributed by atoms with Gasteiger partial charge in [-0.2, -0.15) is 0 Å². The molecule has 0 rings (SSSR count). The summed E-state index contributed by atoms with van der Waals surface area (Å²) >= 11 is 1.76. The molecule has 0 N–H and O–H groups in total. The Bertz CT molecular complexity index is 81.0. The molecule has 1 atom stereocenters. The average molecular weight is 145 g/mol. The lowest BCUT2D eigenvalue weighted by molar-refractivity contribution is 0.722. The van der Waals surface area contributed by atoms with Gasteiger partial charge in [-0.15, -0.1) is 11.8 Å². The van der Waals surface area contributed by atoms with Gasteiger partial charge in [-0.05, 0) is 19.1 Å². The second kappa shape index (κ2) is 6.14. The largest absolute Gasteiger partial charge is 0.283 e. The van der Waals surface area contributed by atoms with Crippen molar-refractivity contribution in [3.8, 4) is 0 Å². The summed E-state index contributed by atoms with van der Waals surface area (Å²) in [4.78, 5) is 4.27. The fraction of sp³-hybridized carbons (Fsp3) is 0.857. The summed E-state index contributed by atoms with van der Waals surface area (Å²) < 4.78 is 0. The topological polar surface area (TPSA) is 12.4 Å². The first-order chi connectivity index (χ1) is 4.31. The Balaban J connectivity index is 3.20. The van der Waals surface area contributed by atoms with E-state index < -0.39 is 0 Å². The molecule has 0 aromatic rings. The standard InChI is InChI=1S/C7H15NS/c1-4-7(3)8-6-9-5-2/h6-7H,4-5H2,1-3H3. The highest BCUT2D eigenvalue weighted by molar-refractivity contribution is 8.12. The second-order valence-corrected chi connectivity index (χ2v) is 3.09. The fourth-order valence-corrected chi connectivity index (χ4v) is 0.770. The molecule has 0 heterocycles. The van der Waals surface area contributed by atoms with Gasteiger partial charge in [-0.3, -0.25) is 4.99 Å². The summed E-state index contributed by atoms with van der Waals surface area (Å²) in [6.07, 6.45) is 1.14. The van der Waals surface area contributed by atoms with E-state index in [1.54, 1.807) is 11.8 Å². The summed E-state index contributed by atoms with van der Waals surface area (Å²) in [6.45, 7) is 6.42. The molecule has 0 radical (unpaired) electrons. The summed E-state index contributed by atoms with van der Waals surface area (Å²) in [6, 6.07) is 0.504. The summed E-state index contributed by atoms with van der Waals surface area (Å²) in [7, 11) is 0. The van der Waals surface area contributed by atoms with E-state index in [-0.39, 0.29) is 0 Å². The summed E-state index contributed by atoms with van der Waals surface area (Å²) in [5.74, 6) is 1.12. The molecule has 0 bridgehead atoms. The van der Waals surface area contributed by atoms with Crippen LogP contribution in [-0.2, 0) is 0 Å². The third kappa shape index (κ3) is 5.90. The quantitative estimate of drug-likeness (QED) is 0.437. The maximum atomic E-state index is 4.27. The van der Waals surface area contributed by atoms with Crippen molar-refractivity contribution in [2.45, 2.75) is 33.2 Å². The molecule has 0 aliphatic heterocycles. The number of thioether (sulfide) groups is 1. The van der Waals surface area contributed by atoms with Crippen LogP contribution in [-0.4, -0.2) is 17.3 Å². The summed E-state index contributed by atoms with van der Waals surface area (Å²) in [5, 5.41) is 0. The van der Waals surface area contributed by atoms with Crippen LogP contribution in [0.5, 0.6) is 0 Å². The minimum atomic E-state index is 0.504. The molecular weight excluding hydrogens is 130 g/mol. The van der Waals surface area contributed by atoms with Crippen LogP contribution in [0.15, 0.2) is 4.99 Å². The minimum absolute atomic E-state index is 0.504. The highest BCUT2D eigenvalue weighted by Crippen LogP contribution is 1.97. The van der Waals surface area contributed by atoms with Gasteiger partial charge in [0, 0.05) is 6.04 Å². The van der Waals surface area contributed by atoms with Gasteiger partial charge in [-0.25, -0.2) is 0 Å². The van der Waals surface area contributed by atoms with Crippen molar-refractivity contribution in [3.05, 3.63) is 0 Å². The Morgan fingerprint density at radius 2 is 2.22 bits per heavy atom. The lowest BCUT2D eigenvalue weighted by atomic mass is 10.3. The van der Waals surface area contributed by atoms with Gasteiger partial charge in [-0.1, -0.05) is 13.8 Å². The van der Waals surface area contributed by atoms with Crippen LogP contribution in [0.25, 0.3) is 0 Å². The Labute approximate surface area is 61.9 Å². The molecule has 0 aromatic heterocycles. The van der Waals surface area contributed by atoms with Crippen molar-refractivity contribution in [1.82, 2.24) is 0 Å². The molecule has 0 amide bonds. The lowest BCUT2D eigenvalue weighted by Gasteiger charge is -1.97. The molecule has 0 saturated carbocycles. The smallest absolute Gasteiger partial charge is 0.0544 e. The van der Waals surface area contributed by atoms with Crippen molar-refractivity contribution in [3.63, 3.8) is 0 Å². The van der Waals surface area contributed by atoms with Crippen molar-refractivity contribution >= 4 is 17.3 Å². The zero-order chi connectivity index (χ0) is 7.11. The van der Waals surface area contributed by atoms with Crippen molar-refractivity contribution in [2.24, 2.45) is 4.99 Å². The van der Waals surface area contributed by atoms with E-state index in [2.05, 4.69) is 25.8 Å². The van der Waals surface area contributed by atoms with Crippen LogP contribution >= 0.6 is 11.8 Å². The zero-order valence-corrected chi connectivity index (χ0v) is 7.24. The molecular formula is C7H15NS. The van der Waals surface area contributed by atoms with Crippen LogP contribution in [0.3, 0.4) is 0 Å². The highest BCUT2D eigenvalue weighted by atomic mass is 32.2. The zero-order valence-electron chi connectivity index (χ0n) is 6.42. The summed E-state index contributed by atoms with van der Waals surface area (Å²) in [5.41, 5.74) is 1.95. The minimum Gasteiger partial charge on any atom is -0.283 e. The Hall–Kier alpha value is 0.0200. The van der Waals surface area contributed by atoms with Crippen molar-refractivity contribution in [1.29, 1.82) is 0 Å². The Morgan fingerprint density at radius 1 is 1.56 bits per heavy atom. The average Bonchev–Trinajstić information content (AvgIpc) is 1.89. The Morgan fingerprint density at radius 3 is 2.67 bits per heavy atom. The van der Waals surface area contributed by atoms with Gasteiger partial charge >= 0.3 is 0 Å². The molecule has 9 heavy (non-hydrogen) atoms. The first-order valence-electron chi connectivity index (χ1n) is 3.44. The third-order valence-corrected chi connectivity index (χ3v) is 1.75. The molecule has 2 heteroatoms. The molecule has 1 unspecified atom stereocenters. The fourth-order valence-electron chi connectivity index (χ4n) is 0.327. The predicted molar refractivity (Wildman–Crippen MR) is 46.4 cm³/mol. The van der Waals surface area contributed by atoms with Gasteiger partial charge in [0.25, 0.3) is 0 Å². The molecule has 0 aliphatic carbocycles. The normalized spacial score (nSPS) is 14.6. The molecule has 0 saturated heterocycles. The van der Waals surface area contributed by atoms with Gasteiger partial charge in [0.15, 0.2) is 0 Å². The third-order valence-electron chi connectivity index (χ3n) is 1.15. The van der Waals surface area contributed by atoms with E-state index in [4.69, 9.17) is 0 Å². The van der Waals surface area contributed by atoms with Crippen LogP contribution in [0.1, 0.15) is 27.2 Å². The number of hydrogen-bond acceptors (Lipinski definition) is 2. The van der Waals surface area contributed by atoms with Crippen LogP contribution in [0.2, 0.25) is 0 Å². The van der Waals surface area contributed by atoms with E-state index in [0.717, 1.165) is 12.2 Å². The number of rotatable bonds is 4. The van der Waals surface area contributed by atoms with E-state index >= 15 is 0 Å². The SMILES string of the molecule is CCSC=NC(C)CC. The van der Waals surface area contributed by atoms with Crippen LogP contribution < -0.4 is 0 Å². The lowest BCUT2D eigenvalue weighted by Crippen LogP contribution is -1.92. The van der Waals surface area contributed by atoms with Crippen LogP contribution in [0.4, 0.5) is 0 Å². The molecule has 0 fully saturated rings. The molecule has 0 aliphatic rings. The first-order valence-corrected chi connectivity index (χ1v) is 4.49. The second-order valence-electron chi connectivity index (χ2n) is 1.97. The van der Waals surface area contributed by atoms with Crippen molar-refractivity contribution < 1.29 is 0 Å². The van der Waals surface area contributed by atoms with E-state index in [0.29, 0.717) is 6.04 Å². The molecule has 0 aromatic carbocycles. The van der Waals surface area contributed by atoms with E-state index in [9.17, 15) is 0 Å². The number of aliphatic imine (C=N–C) groups is 1. The molecule has 54 valence electrons. The van der Waals surface area contributed by atoms with Gasteiger partial charge in [0.05, 0.1) is 5.55 Å². The van der Waals surface area contributed by atoms with Crippen molar-refractivity contribution in [2.75, 3.05) is 5.75 Å². The van der Waals surface area contributed by atoms with Gasteiger partial charge < -0.3 is 0 Å². The molecule has 0 spiro atoms.